The van der Waals surface area contributed by atoms with Crippen molar-refractivity contribution in [3.05, 3.63) is 22.6 Å². The Kier molecular flexibility index (Phi) is 2.52. The Balaban J connectivity index is 2.24. The maximum absolute atomic E-state index is 10.7. The zero-order chi connectivity index (χ0) is 11.0. The number of hydrogen-bond acceptors (Lipinski definition) is 3. The van der Waals surface area contributed by atoms with E-state index in [0.29, 0.717) is 6.42 Å². The number of carbonyl (C=O) groups is 1. The molecule has 4 heteroatoms. The van der Waals surface area contributed by atoms with Gasteiger partial charge >= 0.3 is 5.97 Å². The highest BCUT2D eigenvalue weighted by Crippen LogP contribution is 2.30. The summed E-state index contributed by atoms with van der Waals surface area (Å²) in [5.74, 6) is 0.902. The Hall–Kier alpha value is -1.29. The number of rotatable bonds is 3. The number of nitrogens with two attached hydrogens (primary N) is 1. The number of carboxylic acid groups (broad SMARTS) is 1. The summed E-state index contributed by atoms with van der Waals surface area (Å²) in [6.07, 6.45) is 3.44. The third-order valence-electron chi connectivity index (χ3n) is 2.97. The molecule has 0 saturated heterocycles. The van der Waals surface area contributed by atoms with Crippen LogP contribution in [-0.4, -0.2) is 17.1 Å². The molecule has 2 rings (SSSR count). The lowest BCUT2D eigenvalue weighted by Crippen LogP contribution is -2.32. The van der Waals surface area contributed by atoms with Crippen molar-refractivity contribution >= 4 is 5.97 Å². The molecule has 4 nitrogen and oxygen atoms in total. The fourth-order valence-electron chi connectivity index (χ4n) is 2.18. The highest BCUT2D eigenvalue weighted by Gasteiger charge is 2.24. The van der Waals surface area contributed by atoms with Crippen molar-refractivity contribution in [3.8, 4) is 0 Å². The molecule has 0 bridgehead atoms. The van der Waals surface area contributed by atoms with Gasteiger partial charge in [0, 0.05) is 12.8 Å². The zero-order valence-electron chi connectivity index (χ0n) is 8.75. The lowest BCUT2D eigenvalue weighted by molar-refractivity contribution is -0.138. The smallest absolute Gasteiger partial charge is 0.320 e. The molecule has 0 radical (unpaired) electrons. The van der Waals surface area contributed by atoms with E-state index in [0.717, 1.165) is 36.3 Å². The van der Waals surface area contributed by atoms with Crippen LogP contribution in [0.15, 0.2) is 4.42 Å². The van der Waals surface area contributed by atoms with Gasteiger partial charge in [-0.15, -0.1) is 0 Å². The summed E-state index contributed by atoms with van der Waals surface area (Å²) >= 11 is 0. The Bertz CT molecular complexity index is 395. The van der Waals surface area contributed by atoms with E-state index in [2.05, 4.69) is 0 Å². The van der Waals surface area contributed by atoms with Crippen molar-refractivity contribution in [3.63, 3.8) is 0 Å². The van der Waals surface area contributed by atoms with E-state index in [4.69, 9.17) is 15.3 Å². The summed E-state index contributed by atoms with van der Waals surface area (Å²) in [5, 5.41) is 8.76. The van der Waals surface area contributed by atoms with Crippen molar-refractivity contribution < 1.29 is 14.3 Å². The molecule has 1 aromatic rings. The topological polar surface area (TPSA) is 76.5 Å². The molecule has 15 heavy (non-hydrogen) atoms. The number of aryl methyl sites for hydroxylation is 2. The first kappa shape index (κ1) is 10.2. The number of carboxylic acids is 1. The molecule has 3 N–H and O–H groups in total. The van der Waals surface area contributed by atoms with Crippen LogP contribution in [0.3, 0.4) is 0 Å². The van der Waals surface area contributed by atoms with Crippen LogP contribution in [-0.2, 0) is 24.1 Å². The van der Waals surface area contributed by atoms with Gasteiger partial charge in [0.05, 0.1) is 0 Å². The number of hydrogen-bond donors (Lipinski definition) is 2. The number of fused-ring (bicyclic) bond motifs is 1. The van der Waals surface area contributed by atoms with Gasteiger partial charge in [-0.1, -0.05) is 0 Å². The molecule has 1 heterocycles. The van der Waals surface area contributed by atoms with Crippen molar-refractivity contribution in [2.24, 2.45) is 5.73 Å². The fraction of sp³-hybridized carbons (Fsp3) is 0.545. The van der Waals surface area contributed by atoms with Crippen molar-refractivity contribution in [2.45, 2.75) is 38.6 Å². The first-order valence-corrected chi connectivity index (χ1v) is 5.18. The van der Waals surface area contributed by atoms with Crippen LogP contribution in [0, 0.1) is 6.92 Å². The van der Waals surface area contributed by atoms with E-state index in [9.17, 15) is 4.79 Å². The van der Waals surface area contributed by atoms with Gasteiger partial charge in [0.15, 0.2) is 0 Å². The van der Waals surface area contributed by atoms with E-state index in [1.807, 2.05) is 6.92 Å². The first-order chi connectivity index (χ1) is 7.09. The molecule has 1 unspecified atom stereocenters. The van der Waals surface area contributed by atoms with Gasteiger partial charge in [0.1, 0.15) is 17.6 Å². The first-order valence-electron chi connectivity index (χ1n) is 5.18. The summed E-state index contributed by atoms with van der Waals surface area (Å²) in [6.45, 7) is 1.88. The number of furan rings is 1. The second-order valence-corrected chi connectivity index (χ2v) is 4.04. The Morgan fingerprint density at radius 2 is 2.33 bits per heavy atom. The SMILES string of the molecule is Cc1oc2c(c1CC(N)C(=O)O)CCC2. The van der Waals surface area contributed by atoms with Crippen LogP contribution < -0.4 is 5.73 Å². The highest BCUT2D eigenvalue weighted by atomic mass is 16.4. The summed E-state index contributed by atoms with van der Waals surface area (Å²) in [6, 6.07) is -0.828. The average Bonchev–Trinajstić information content (AvgIpc) is 2.69. The van der Waals surface area contributed by atoms with Gasteiger partial charge in [-0.3, -0.25) is 4.79 Å². The molecule has 1 aromatic heterocycles. The monoisotopic (exact) mass is 209 g/mol. The summed E-state index contributed by atoms with van der Waals surface area (Å²) in [4.78, 5) is 10.7. The molecule has 0 amide bonds. The largest absolute Gasteiger partial charge is 0.480 e. The molecular weight excluding hydrogens is 194 g/mol. The van der Waals surface area contributed by atoms with E-state index >= 15 is 0 Å². The summed E-state index contributed by atoms with van der Waals surface area (Å²) in [7, 11) is 0. The molecule has 1 aliphatic rings. The second-order valence-electron chi connectivity index (χ2n) is 4.04. The Morgan fingerprint density at radius 3 is 3.00 bits per heavy atom. The summed E-state index contributed by atoms with van der Waals surface area (Å²) < 4.78 is 5.59. The lowest BCUT2D eigenvalue weighted by atomic mass is 10.0. The molecule has 0 spiro atoms. The van der Waals surface area contributed by atoms with Crippen LogP contribution in [0.2, 0.25) is 0 Å². The molecule has 0 saturated carbocycles. The quantitative estimate of drug-likeness (QED) is 0.779. The maximum Gasteiger partial charge on any atom is 0.320 e. The minimum atomic E-state index is -0.956. The molecule has 0 fully saturated rings. The summed E-state index contributed by atoms with van der Waals surface area (Å²) in [5.41, 5.74) is 7.74. The van der Waals surface area contributed by atoms with E-state index in [1.54, 1.807) is 0 Å². The Labute approximate surface area is 88.1 Å². The molecule has 82 valence electrons. The van der Waals surface area contributed by atoms with Crippen LogP contribution in [0.5, 0.6) is 0 Å². The van der Waals surface area contributed by atoms with Crippen molar-refractivity contribution in [1.29, 1.82) is 0 Å². The molecular formula is C11H15NO3. The van der Waals surface area contributed by atoms with Crippen LogP contribution in [0.4, 0.5) is 0 Å². The maximum atomic E-state index is 10.7. The minimum absolute atomic E-state index is 0.375. The second kappa shape index (κ2) is 3.70. The van der Waals surface area contributed by atoms with Crippen LogP contribution >= 0.6 is 0 Å². The van der Waals surface area contributed by atoms with Crippen LogP contribution in [0.25, 0.3) is 0 Å². The third kappa shape index (κ3) is 1.77. The molecule has 0 aromatic carbocycles. The molecule has 0 aliphatic heterocycles. The van der Waals surface area contributed by atoms with Gasteiger partial charge in [-0.25, -0.2) is 0 Å². The standard InChI is InChI=1S/C11H15NO3/c1-6-8(5-9(12)11(13)14)7-3-2-4-10(7)15-6/h9H,2-5,12H2,1H3,(H,13,14). The van der Waals surface area contributed by atoms with Crippen LogP contribution in [0.1, 0.15) is 29.1 Å². The van der Waals surface area contributed by atoms with Gasteiger partial charge in [0.25, 0.3) is 0 Å². The Morgan fingerprint density at radius 1 is 1.60 bits per heavy atom. The predicted molar refractivity (Wildman–Crippen MR) is 54.8 cm³/mol. The lowest BCUT2D eigenvalue weighted by Gasteiger charge is -2.06. The van der Waals surface area contributed by atoms with E-state index < -0.39 is 12.0 Å². The molecule has 1 atom stereocenters. The fourth-order valence-corrected chi connectivity index (χ4v) is 2.18. The normalized spacial score (nSPS) is 16.4. The van der Waals surface area contributed by atoms with Gasteiger partial charge < -0.3 is 15.3 Å². The van der Waals surface area contributed by atoms with E-state index in [1.165, 1.54) is 5.56 Å². The number of aliphatic carboxylic acids is 1. The van der Waals surface area contributed by atoms with Crippen molar-refractivity contribution in [2.75, 3.05) is 0 Å². The van der Waals surface area contributed by atoms with Gasteiger partial charge in [-0.05, 0) is 30.9 Å². The predicted octanol–water partition coefficient (Wildman–Crippen LogP) is 1.03. The van der Waals surface area contributed by atoms with E-state index in [-0.39, 0.29) is 0 Å². The minimum Gasteiger partial charge on any atom is -0.480 e. The average molecular weight is 209 g/mol. The highest BCUT2D eigenvalue weighted by molar-refractivity contribution is 5.73. The van der Waals surface area contributed by atoms with Crippen molar-refractivity contribution in [1.82, 2.24) is 0 Å². The van der Waals surface area contributed by atoms with Gasteiger partial charge in [0.2, 0.25) is 0 Å². The van der Waals surface area contributed by atoms with Gasteiger partial charge in [-0.2, -0.15) is 0 Å². The third-order valence-corrected chi connectivity index (χ3v) is 2.97. The zero-order valence-corrected chi connectivity index (χ0v) is 8.75. The molecule has 1 aliphatic carbocycles.